The molecule has 0 bridgehead atoms. The Morgan fingerprint density at radius 1 is 1.12 bits per heavy atom. The SMILES string of the molecule is COc1cc2c(cc1C(C)C)C(=O)C(=O)[C@@H]1C(C)(C)CCC[C@]21C. The number of benzene rings is 1. The van der Waals surface area contributed by atoms with E-state index >= 15 is 0 Å². The third kappa shape index (κ3) is 2.24. The number of ether oxygens (including phenoxy) is 1. The molecule has 3 nitrogen and oxygen atoms in total. The highest BCUT2D eigenvalue weighted by Crippen LogP contribution is 2.56. The zero-order valence-electron chi connectivity index (χ0n) is 15.7. The molecule has 0 aliphatic heterocycles. The highest BCUT2D eigenvalue weighted by molar-refractivity contribution is 6.46. The molecule has 1 aromatic rings. The summed E-state index contributed by atoms with van der Waals surface area (Å²) in [6.07, 6.45) is 3.01. The van der Waals surface area contributed by atoms with Crippen molar-refractivity contribution >= 4 is 11.6 Å². The number of carbonyl (C=O) groups is 2. The summed E-state index contributed by atoms with van der Waals surface area (Å²) in [7, 11) is 1.67. The van der Waals surface area contributed by atoms with Gasteiger partial charge < -0.3 is 4.74 Å². The van der Waals surface area contributed by atoms with Crippen LogP contribution in [0.4, 0.5) is 0 Å². The first-order valence-electron chi connectivity index (χ1n) is 8.94. The third-order valence-corrected chi connectivity index (χ3v) is 6.27. The maximum Gasteiger partial charge on any atom is 0.229 e. The Bertz CT molecular complexity index is 714. The van der Waals surface area contributed by atoms with Gasteiger partial charge >= 0.3 is 0 Å². The van der Waals surface area contributed by atoms with E-state index in [1.54, 1.807) is 7.11 Å². The first-order valence-corrected chi connectivity index (χ1v) is 8.94. The van der Waals surface area contributed by atoms with Crippen molar-refractivity contribution in [3.8, 4) is 5.75 Å². The van der Waals surface area contributed by atoms with E-state index < -0.39 is 0 Å². The van der Waals surface area contributed by atoms with Crippen LogP contribution in [0.25, 0.3) is 0 Å². The molecule has 2 atom stereocenters. The molecule has 2 aliphatic carbocycles. The molecule has 0 unspecified atom stereocenters. The van der Waals surface area contributed by atoms with E-state index in [-0.39, 0.29) is 34.2 Å². The van der Waals surface area contributed by atoms with Crippen LogP contribution in [-0.2, 0) is 10.2 Å². The summed E-state index contributed by atoms with van der Waals surface area (Å²) >= 11 is 0. The van der Waals surface area contributed by atoms with Gasteiger partial charge in [0, 0.05) is 16.9 Å². The lowest BCUT2D eigenvalue weighted by Gasteiger charge is -2.52. The molecule has 2 aliphatic rings. The summed E-state index contributed by atoms with van der Waals surface area (Å²) in [5.74, 6) is 0.311. The van der Waals surface area contributed by atoms with Crippen molar-refractivity contribution in [2.24, 2.45) is 11.3 Å². The number of fused-ring (bicyclic) bond motifs is 3. The van der Waals surface area contributed by atoms with Crippen molar-refractivity contribution in [3.05, 3.63) is 28.8 Å². The second-order valence-electron chi connectivity index (χ2n) is 8.68. The minimum atomic E-state index is -0.313. The normalized spacial score (nSPS) is 28.5. The molecule has 1 fully saturated rings. The van der Waals surface area contributed by atoms with E-state index in [1.165, 1.54) is 0 Å². The Morgan fingerprint density at radius 2 is 1.79 bits per heavy atom. The molecule has 0 N–H and O–H groups in total. The number of rotatable bonds is 2. The second kappa shape index (κ2) is 5.44. The van der Waals surface area contributed by atoms with Crippen LogP contribution in [0.15, 0.2) is 12.1 Å². The molecule has 1 saturated carbocycles. The van der Waals surface area contributed by atoms with Crippen LogP contribution in [0.5, 0.6) is 5.75 Å². The lowest BCUT2D eigenvalue weighted by Crippen LogP contribution is -2.54. The number of Topliss-reactive ketones (excluding diaryl/α,β-unsaturated/α-hetero) is 2. The molecule has 0 spiro atoms. The Morgan fingerprint density at radius 3 is 2.38 bits per heavy atom. The number of methoxy groups -OCH3 is 1. The molecule has 0 saturated heterocycles. The summed E-state index contributed by atoms with van der Waals surface area (Å²) in [6, 6.07) is 3.94. The fourth-order valence-electron chi connectivity index (χ4n) is 5.15. The van der Waals surface area contributed by atoms with E-state index in [1.807, 2.05) is 12.1 Å². The van der Waals surface area contributed by atoms with Crippen molar-refractivity contribution in [1.29, 1.82) is 0 Å². The zero-order chi connectivity index (χ0) is 17.9. The fraction of sp³-hybridized carbons (Fsp3) is 0.619. The van der Waals surface area contributed by atoms with Gasteiger partial charge in [-0.1, -0.05) is 41.0 Å². The predicted molar refractivity (Wildman–Crippen MR) is 94.9 cm³/mol. The Balaban J connectivity index is 2.29. The number of hydrogen-bond donors (Lipinski definition) is 0. The average molecular weight is 328 g/mol. The first kappa shape index (κ1) is 17.2. The van der Waals surface area contributed by atoms with Crippen molar-refractivity contribution in [2.45, 2.75) is 65.2 Å². The van der Waals surface area contributed by atoms with Crippen LogP contribution in [-0.4, -0.2) is 18.7 Å². The molecule has 130 valence electrons. The van der Waals surface area contributed by atoms with Gasteiger partial charge in [0.25, 0.3) is 0 Å². The quantitative estimate of drug-likeness (QED) is 0.741. The van der Waals surface area contributed by atoms with Gasteiger partial charge in [-0.3, -0.25) is 9.59 Å². The van der Waals surface area contributed by atoms with Crippen LogP contribution in [0, 0.1) is 11.3 Å². The molecule has 0 aromatic heterocycles. The molecule has 0 amide bonds. The van der Waals surface area contributed by atoms with Gasteiger partial charge in [-0.2, -0.15) is 0 Å². The second-order valence-corrected chi connectivity index (χ2v) is 8.68. The maximum atomic E-state index is 13.0. The standard InChI is InChI=1S/C21H28O3/c1-12(2)13-10-14-15(11-16(13)24-6)21(5)9-7-8-20(3,4)19(21)18(23)17(14)22/h10-12,19H,7-9H2,1-6H3/t19-,21-/m1/s1. The van der Waals surface area contributed by atoms with Crippen LogP contribution < -0.4 is 4.74 Å². The largest absolute Gasteiger partial charge is 0.496 e. The lowest BCUT2D eigenvalue weighted by atomic mass is 9.49. The summed E-state index contributed by atoms with van der Waals surface area (Å²) in [5.41, 5.74) is 2.16. The number of carbonyl (C=O) groups excluding carboxylic acids is 2. The highest BCUT2D eigenvalue weighted by Gasteiger charge is 2.56. The van der Waals surface area contributed by atoms with Gasteiger partial charge in [-0.15, -0.1) is 0 Å². The highest BCUT2D eigenvalue weighted by atomic mass is 16.5. The molecule has 3 heteroatoms. The Hall–Kier alpha value is -1.64. The lowest BCUT2D eigenvalue weighted by molar-refractivity contribution is -0.128. The average Bonchev–Trinajstić information content (AvgIpc) is 2.50. The van der Waals surface area contributed by atoms with Crippen LogP contribution in [0.3, 0.4) is 0 Å². The summed E-state index contributed by atoms with van der Waals surface area (Å²) in [4.78, 5) is 25.9. The number of ketones is 2. The maximum absolute atomic E-state index is 13.0. The van der Waals surface area contributed by atoms with Crippen molar-refractivity contribution < 1.29 is 14.3 Å². The minimum absolute atomic E-state index is 0.151. The zero-order valence-corrected chi connectivity index (χ0v) is 15.7. The number of hydrogen-bond acceptors (Lipinski definition) is 3. The summed E-state index contributed by atoms with van der Waals surface area (Å²) < 4.78 is 5.62. The third-order valence-electron chi connectivity index (χ3n) is 6.27. The van der Waals surface area contributed by atoms with Gasteiger partial charge in [-0.05, 0) is 47.4 Å². The van der Waals surface area contributed by atoms with E-state index in [4.69, 9.17) is 4.74 Å². The molecule has 1 aromatic carbocycles. The van der Waals surface area contributed by atoms with Crippen LogP contribution in [0.1, 0.15) is 81.3 Å². The van der Waals surface area contributed by atoms with E-state index in [2.05, 4.69) is 34.6 Å². The smallest absolute Gasteiger partial charge is 0.229 e. The van der Waals surface area contributed by atoms with Gasteiger partial charge in [0.05, 0.1) is 7.11 Å². The molecular weight excluding hydrogens is 300 g/mol. The topological polar surface area (TPSA) is 43.4 Å². The van der Waals surface area contributed by atoms with Crippen LogP contribution >= 0.6 is 0 Å². The van der Waals surface area contributed by atoms with Gasteiger partial charge in [-0.25, -0.2) is 0 Å². The predicted octanol–water partition coefficient (Wildman–Crippen LogP) is 4.67. The van der Waals surface area contributed by atoms with E-state index in [0.29, 0.717) is 5.56 Å². The Labute approximate surface area is 144 Å². The summed E-state index contributed by atoms with van der Waals surface area (Å²) in [6.45, 7) is 10.6. The van der Waals surface area contributed by atoms with Crippen molar-refractivity contribution in [1.82, 2.24) is 0 Å². The molecule has 0 heterocycles. The first-order chi connectivity index (χ1) is 11.1. The van der Waals surface area contributed by atoms with Gasteiger partial charge in [0.1, 0.15) is 5.75 Å². The van der Waals surface area contributed by atoms with Gasteiger partial charge in [0.15, 0.2) is 0 Å². The molecular formula is C21H28O3. The molecule has 3 rings (SSSR count). The monoisotopic (exact) mass is 328 g/mol. The fourth-order valence-corrected chi connectivity index (χ4v) is 5.15. The molecule has 0 radical (unpaired) electrons. The van der Waals surface area contributed by atoms with Gasteiger partial charge in [0.2, 0.25) is 11.6 Å². The van der Waals surface area contributed by atoms with Crippen molar-refractivity contribution in [2.75, 3.05) is 7.11 Å². The summed E-state index contributed by atoms with van der Waals surface area (Å²) in [5, 5.41) is 0. The van der Waals surface area contributed by atoms with Crippen LogP contribution in [0.2, 0.25) is 0 Å². The van der Waals surface area contributed by atoms with E-state index in [0.717, 1.165) is 36.1 Å². The van der Waals surface area contributed by atoms with E-state index in [9.17, 15) is 9.59 Å². The Kier molecular flexibility index (Phi) is 3.89. The van der Waals surface area contributed by atoms with Crippen molar-refractivity contribution in [3.63, 3.8) is 0 Å². The molecule has 24 heavy (non-hydrogen) atoms. The minimum Gasteiger partial charge on any atom is -0.496 e.